The SMILES string of the molecule is CCN(SC(=O)c1ccccc1)C(C)=O. The molecule has 1 amide bonds. The molecule has 15 heavy (non-hydrogen) atoms. The van der Waals surface area contributed by atoms with E-state index in [4.69, 9.17) is 0 Å². The van der Waals surface area contributed by atoms with Gasteiger partial charge in [0.1, 0.15) is 0 Å². The molecule has 0 radical (unpaired) electrons. The second kappa shape index (κ2) is 5.56. The molecule has 4 heteroatoms. The number of rotatable bonds is 2. The van der Waals surface area contributed by atoms with Crippen LogP contribution in [0.25, 0.3) is 0 Å². The predicted molar refractivity (Wildman–Crippen MR) is 61.4 cm³/mol. The monoisotopic (exact) mass is 223 g/mol. The summed E-state index contributed by atoms with van der Waals surface area (Å²) in [5.74, 6) is -0.105. The van der Waals surface area contributed by atoms with Crippen LogP contribution in [0.15, 0.2) is 30.3 Å². The van der Waals surface area contributed by atoms with Gasteiger partial charge in [-0.15, -0.1) is 0 Å². The Labute approximate surface area is 93.6 Å². The molecular weight excluding hydrogens is 210 g/mol. The van der Waals surface area contributed by atoms with Crippen LogP contribution in [0.5, 0.6) is 0 Å². The molecule has 0 aliphatic rings. The summed E-state index contributed by atoms with van der Waals surface area (Å²) < 4.78 is 1.44. The van der Waals surface area contributed by atoms with Crippen molar-refractivity contribution in [2.45, 2.75) is 13.8 Å². The Kier molecular flexibility index (Phi) is 4.37. The number of carbonyl (C=O) groups excluding carboxylic acids is 2. The van der Waals surface area contributed by atoms with Crippen molar-refractivity contribution in [1.29, 1.82) is 0 Å². The maximum absolute atomic E-state index is 11.7. The van der Waals surface area contributed by atoms with Crippen LogP contribution < -0.4 is 0 Å². The van der Waals surface area contributed by atoms with Gasteiger partial charge in [0.05, 0.1) is 0 Å². The first kappa shape index (κ1) is 11.8. The fourth-order valence-electron chi connectivity index (χ4n) is 1.08. The maximum Gasteiger partial charge on any atom is 0.239 e. The van der Waals surface area contributed by atoms with Crippen LogP contribution in [-0.4, -0.2) is 21.9 Å². The number of hydrogen-bond acceptors (Lipinski definition) is 3. The standard InChI is InChI=1S/C11H13NO2S/c1-3-12(9(2)13)15-11(14)10-7-5-4-6-8-10/h4-8H,3H2,1-2H3. The lowest BCUT2D eigenvalue weighted by Gasteiger charge is -2.15. The highest BCUT2D eigenvalue weighted by atomic mass is 32.2. The summed E-state index contributed by atoms with van der Waals surface area (Å²) in [6, 6.07) is 8.94. The van der Waals surface area contributed by atoms with Gasteiger partial charge in [-0.3, -0.25) is 13.9 Å². The van der Waals surface area contributed by atoms with Crippen molar-refractivity contribution < 1.29 is 9.59 Å². The maximum atomic E-state index is 11.7. The smallest absolute Gasteiger partial charge is 0.239 e. The molecule has 80 valence electrons. The highest BCUT2D eigenvalue weighted by Gasteiger charge is 2.14. The lowest BCUT2D eigenvalue weighted by molar-refractivity contribution is -0.123. The van der Waals surface area contributed by atoms with Crippen LogP contribution in [0, 0.1) is 0 Å². The number of hydrogen-bond donors (Lipinski definition) is 0. The van der Waals surface area contributed by atoms with E-state index in [9.17, 15) is 9.59 Å². The Morgan fingerprint density at radius 3 is 2.33 bits per heavy atom. The van der Waals surface area contributed by atoms with Gasteiger partial charge in [-0.2, -0.15) is 0 Å². The first-order valence-electron chi connectivity index (χ1n) is 4.70. The molecule has 0 saturated carbocycles. The zero-order valence-electron chi connectivity index (χ0n) is 8.77. The molecule has 0 N–H and O–H groups in total. The van der Waals surface area contributed by atoms with Crippen molar-refractivity contribution in [3.63, 3.8) is 0 Å². The summed E-state index contributed by atoms with van der Waals surface area (Å²) >= 11 is 0.951. The normalized spacial score (nSPS) is 9.73. The van der Waals surface area contributed by atoms with Crippen LogP contribution in [0.1, 0.15) is 24.2 Å². The van der Waals surface area contributed by atoms with Gasteiger partial charge >= 0.3 is 0 Å². The molecule has 0 aliphatic carbocycles. The van der Waals surface area contributed by atoms with E-state index in [0.717, 1.165) is 11.9 Å². The van der Waals surface area contributed by atoms with Gasteiger partial charge < -0.3 is 0 Å². The quantitative estimate of drug-likeness (QED) is 0.722. The molecule has 0 aliphatic heterocycles. The number of amides is 1. The Bertz CT molecular complexity index is 351. The molecule has 0 heterocycles. The van der Waals surface area contributed by atoms with E-state index in [-0.39, 0.29) is 11.0 Å². The van der Waals surface area contributed by atoms with E-state index >= 15 is 0 Å². The van der Waals surface area contributed by atoms with Crippen molar-refractivity contribution in [3.05, 3.63) is 35.9 Å². The molecule has 0 spiro atoms. The Morgan fingerprint density at radius 1 is 1.27 bits per heavy atom. The van der Waals surface area contributed by atoms with Crippen molar-refractivity contribution in [2.75, 3.05) is 6.54 Å². The van der Waals surface area contributed by atoms with Gasteiger partial charge in [0.25, 0.3) is 0 Å². The van der Waals surface area contributed by atoms with E-state index in [2.05, 4.69) is 0 Å². The van der Waals surface area contributed by atoms with Gasteiger partial charge in [0.15, 0.2) is 0 Å². The fourth-order valence-corrected chi connectivity index (χ4v) is 1.78. The van der Waals surface area contributed by atoms with Gasteiger partial charge in [-0.25, -0.2) is 0 Å². The van der Waals surface area contributed by atoms with Crippen molar-refractivity contribution in [2.24, 2.45) is 0 Å². The average molecular weight is 223 g/mol. The third kappa shape index (κ3) is 3.40. The first-order chi connectivity index (χ1) is 7.15. The van der Waals surface area contributed by atoms with E-state index in [1.54, 1.807) is 24.3 Å². The summed E-state index contributed by atoms with van der Waals surface area (Å²) in [6.07, 6.45) is 0. The summed E-state index contributed by atoms with van der Waals surface area (Å²) in [5, 5.41) is -0.104. The topological polar surface area (TPSA) is 37.4 Å². The van der Waals surface area contributed by atoms with Crippen molar-refractivity contribution >= 4 is 23.0 Å². The second-order valence-electron chi connectivity index (χ2n) is 2.96. The minimum Gasteiger partial charge on any atom is -0.280 e. The largest absolute Gasteiger partial charge is 0.280 e. The lowest BCUT2D eigenvalue weighted by atomic mass is 10.2. The van der Waals surface area contributed by atoms with Crippen LogP contribution in [-0.2, 0) is 4.79 Å². The second-order valence-corrected chi connectivity index (χ2v) is 3.95. The van der Waals surface area contributed by atoms with Gasteiger partial charge in [0, 0.05) is 31.0 Å². The van der Waals surface area contributed by atoms with Crippen molar-refractivity contribution in [1.82, 2.24) is 4.31 Å². The predicted octanol–water partition coefficient (Wildman–Crippen LogP) is 2.34. The van der Waals surface area contributed by atoms with Gasteiger partial charge in [-0.1, -0.05) is 30.3 Å². The molecule has 0 fully saturated rings. The van der Waals surface area contributed by atoms with E-state index in [1.165, 1.54) is 11.2 Å². The van der Waals surface area contributed by atoms with Gasteiger partial charge in [0.2, 0.25) is 11.0 Å². The third-order valence-corrected chi connectivity index (χ3v) is 2.98. The van der Waals surface area contributed by atoms with Crippen LogP contribution in [0.2, 0.25) is 0 Å². The number of nitrogens with zero attached hydrogens (tertiary/aromatic N) is 1. The Morgan fingerprint density at radius 2 is 1.87 bits per heavy atom. The van der Waals surface area contributed by atoms with E-state index < -0.39 is 0 Å². The van der Waals surface area contributed by atoms with Crippen LogP contribution in [0.4, 0.5) is 0 Å². The molecule has 0 bridgehead atoms. The van der Waals surface area contributed by atoms with Crippen LogP contribution >= 0.6 is 11.9 Å². The Hall–Kier alpha value is -1.29. The van der Waals surface area contributed by atoms with E-state index in [1.807, 2.05) is 13.0 Å². The molecule has 0 unspecified atom stereocenters. The summed E-state index contributed by atoms with van der Waals surface area (Å²) in [5.41, 5.74) is 0.613. The summed E-state index contributed by atoms with van der Waals surface area (Å²) in [7, 11) is 0. The highest BCUT2D eigenvalue weighted by Crippen LogP contribution is 2.16. The fraction of sp³-hybridized carbons (Fsp3) is 0.273. The third-order valence-electron chi connectivity index (χ3n) is 1.84. The zero-order chi connectivity index (χ0) is 11.3. The number of carbonyl (C=O) groups is 2. The molecule has 0 aromatic heterocycles. The Balaban J connectivity index is 2.67. The summed E-state index contributed by atoms with van der Waals surface area (Å²) in [6.45, 7) is 3.82. The lowest BCUT2D eigenvalue weighted by Crippen LogP contribution is -2.22. The zero-order valence-corrected chi connectivity index (χ0v) is 9.58. The molecular formula is C11H13NO2S. The molecule has 0 saturated heterocycles. The molecule has 1 aromatic carbocycles. The summed E-state index contributed by atoms with van der Waals surface area (Å²) in [4.78, 5) is 22.8. The van der Waals surface area contributed by atoms with Gasteiger partial charge in [-0.05, 0) is 6.92 Å². The van der Waals surface area contributed by atoms with Crippen LogP contribution in [0.3, 0.4) is 0 Å². The first-order valence-corrected chi connectivity index (χ1v) is 5.48. The molecule has 1 aromatic rings. The molecule has 1 rings (SSSR count). The van der Waals surface area contributed by atoms with E-state index in [0.29, 0.717) is 12.1 Å². The highest BCUT2D eigenvalue weighted by molar-refractivity contribution is 8.12. The molecule has 0 atom stereocenters. The molecule has 3 nitrogen and oxygen atoms in total. The minimum absolute atomic E-state index is 0.104. The minimum atomic E-state index is -0.105. The van der Waals surface area contributed by atoms with Crippen molar-refractivity contribution in [3.8, 4) is 0 Å². The number of benzene rings is 1. The average Bonchev–Trinajstić information content (AvgIpc) is 2.26.